The predicted molar refractivity (Wildman–Crippen MR) is 153 cm³/mol. The van der Waals surface area contributed by atoms with Crippen molar-refractivity contribution in [2.45, 2.75) is 58.9 Å². The van der Waals surface area contributed by atoms with Crippen LogP contribution in [0.25, 0.3) is 0 Å². The summed E-state index contributed by atoms with van der Waals surface area (Å²) in [5.74, 6) is 0.668. The van der Waals surface area contributed by atoms with Gasteiger partial charge >= 0.3 is 5.97 Å². The molecule has 2 heterocycles. The quantitative estimate of drug-likeness (QED) is 0.172. The van der Waals surface area contributed by atoms with Gasteiger partial charge in [-0.2, -0.15) is 9.98 Å². The highest BCUT2D eigenvalue weighted by Crippen LogP contribution is 2.23. The number of hydrogen-bond donors (Lipinski definition) is 3. The van der Waals surface area contributed by atoms with E-state index in [-0.39, 0.29) is 34.4 Å². The van der Waals surface area contributed by atoms with E-state index in [4.69, 9.17) is 10.5 Å². The number of sulfonamides is 1. The third-order valence-electron chi connectivity index (χ3n) is 6.53. The minimum absolute atomic E-state index is 0.0130. The molecule has 4 N–H and O–H groups in total. The lowest BCUT2D eigenvalue weighted by atomic mass is 10.1. The first-order valence-corrected chi connectivity index (χ1v) is 14.7. The minimum atomic E-state index is -3.82. The number of ether oxygens (including phenoxy) is 1. The first-order chi connectivity index (χ1) is 18.5. The Balaban J connectivity index is 1.59. The average molecular weight is 559 g/mol. The van der Waals surface area contributed by atoms with E-state index in [0.717, 1.165) is 66.9 Å². The molecule has 0 saturated heterocycles. The SMILES string of the molecule is CCCCCNc1nc(N)nc(C)c1CCC[N+]1(C)C=NC(S(=O)(=O)NCc2cccc(CC(=O)OC)c2)=C1. The van der Waals surface area contributed by atoms with Crippen LogP contribution in [-0.2, 0) is 38.9 Å². The fraction of sp³-hybridized carbons (Fsp3) is 0.481. The van der Waals surface area contributed by atoms with Crippen LogP contribution in [0.5, 0.6) is 0 Å². The van der Waals surface area contributed by atoms with E-state index in [1.54, 1.807) is 36.8 Å². The van der Waals surface area contributed by atoms with E-state index in [1.165, 1.54) is 7.11 Å². The number of nitrogens with one attached hydrogen (secondary N) is 2. The number of rotatable bonds is 15. The van der Waals surface area contributed by atoms with Gasteiger partial charge in [0.05, 0.1) is 27.1 Å². The van der Waals surface area contributed by atoms with Crippen LogP contribution in [0, 0.1) is 6.92 Å². The lowest BCUT2D eigenvalue weighted by molar-refractivity contribution is -0.756. The van der Waals surface area contributed by atoms with E-state index in [0.29, 0.717) is 6.54 Å². The van der Waals surface area contributed by atoms with Gasteiger partial charge in [0.15, 0.2) is 6.34 Å². The van der Waals surface area contributed by atoms with Gasteiger partial charge in [-0.1, -0.05) is 44.0 Å². The summed E-state index contributed by atoms with van der Waals surface area (Å²) in [6.07, 6.45) is 8.24. The first-order valence-electron chi connectivity index (χ1n) is 13.2. The molecule has 1 aromatic carbocycles. The van der Waals surface area contributed by atoms with Gasteiger partial charge in [-0.3, -0.25) is 9.28 Å². The lowest BCUT2D eigenvalue weighted by Gasteiger charge is -2.22. The Hall–Kier alpha value is -3.35. The molecule has 39 heavy (non-hydrogen) atoms. The second kappa shape index (κ2) is 13.6. The van der Waals surface area contributed by atoms with Crippen LogP contribution >= 0.6 is 0 Å². The summed E-state index contributed by atoms with van der Waals surface area (Å²) in [4.78, 5) is 24.5. The predicted octanol–water partition coefficient (Wildman–Crippen LogP) is 3.02. The van der Waals surface area contributed by atoms with Gasteiger partial charge in [-0.05, 0) is 30.9 Å². The summed E-state index contributed by atoms with van der Waals surface area (Å²) in [6.45, 7) is 5.65. The summed E-state index contributed by atoms with van der Waals surface area (Å²) in [7, 11) is -0.570. The number of benzene rings is 1. The molecule has 0 fully saturated rings. The molecule has 0 aliphatic carbocycles. The summed E-state index contributed by atoms with van der Waals surface area (Å²) in [5, 5.41) is 3.39. The van der Waals surface area contributed by atoms with Crippen molar-refractivity contribution in [3.63, 3.8) is 0 Å². The Morgan fingerprint density at radius 2 is 1.92 bits per heavy atom. The fourth-order valence-corrected chi connectivity index (χ4v) is 5.42. The monoisotopic (exact) mass is 558 g/mol. The Morgan fingerprint density at radius 1 is 1.15 bits per heavy atom. The van der Waals surface area contributed by atoms with Gasteiger partial charge in [0.2, 0.25) is 11.0 Å². The molecule has 12 heteroatoms. The molecule has 1 unspecified atom stereocenters. The number of nitrogen functional groups attached to an aromatic ring is 1. The summed E-state index contributed by atoms with van der Waals surface area (Å²) >= 11 is 0. The van der Waals surface area contributed by atoms with Crippen LogP contribution in [0.4, 0.5) is 11.8 Å². The van der Waals surface area contributed by atoms with Crippen LogP contribution < -0.4 is 15.8 Å². The van der Waals surface area contributed by atoms with Crippen LogP contribution in [0.15, 0.2) is 40.5 Å². The van der Waals surface area contributed by atoms with Crippen molar-refractivity contribution in [3.8, 4) is 0 Å². The second-order valence-electron chi connectivity index (χ2n) is 9.91. The maximum atomic E-state index is 13.0. The number of aliphatic imine (C=N–C) groups is 1. The number of aryl methyl sites for hydroxylation is 1. The van der Waals surface area contributed by atoms with Gasteiger partial charge < -0.3 is 15.8 Å². The van der Waals surface area contributed by atoms with Crippen molar-refractivity contribution in [2.75, 3.05) is 38.3 Å². The van der Waals surface area contributed by atoms with Gasteiger partial charge in [0, 0.05) is 30.8 Å². The highest BCUT2D eigenvalue weighted by Gasteiger charge is 2.31. The smallest absolute Gasteiger partial charge is 0.309 e. The number of anilines is 2. The van der Waals surface area contributed by atoms with E-state index in [9.17, 15) is 13.2 Å². The molecule has 1 aliphatic rings. The molecule has 212 valence electrons. The maximum absolute atomic E-state index is 13.0. The van der Waals surface area contributed by atoms with Gasteiger partial charge in [-0.25, -0.2) is 18.1 Å². The van der Waals surface area contributed by atoms with Gasteiger partial charge in [0.25, 0.3) is 10.0 Å². The van der Waals surface area contributed by atoms with E-state index >= 15 is 0 Å². The van der Waals surface area contributed by atoms with Crippen molar-refractivity contribution >= 4 is 34.1 Å². The number of hydrogen-bond acceptors (Lipinski definition) is 9. The third kappa shape index (κ3) is 8.84. The van der Waals surface area contributed by atoms with Crippen LogP contribution in [0.1, 0.15) is 55.0 Å². The molecular formula is C27H40N7O4S+. The number of nitrogens with two attached hydrogens (primary N) is 1. The highest BCUT2D eigenvalue weighted by atomic mass is 32.2. The standard InChI is InChI=1S/C27H40N7O4S/c1-5-6-7-13-29-26-23(20(2)32-27(28)33-26)12-9-14-34(3)18-24(30-19-34)39(36,37)31-17-22-11-8-10-21(15-22)16-25(35)38-4/h8,10-11,15,18-19,31H,5-7,9,12-14,16-17H2,1-4H3,(H3,28,29,32,33)/q+1. The molecule has 0 radical (unpaired) electrons. The molecule has 1 aliphatic heterocycles. The zero-order chi connectivity index (χ0) is 28.5. The van der Waals surface area contributed by atoms with Crippen molar-refractivity contribution in [3.05, 3.63) is 57.9 Å². The molecule has 1 aromatic heterocycles. The molecule has 3 rings (SSSR count). The average Bonchev–Trinajstić information content (AvgIpc) is 3.30. The van der Waals surface area contributed by atoms with Gasteiger partial charge in [-0.15, -0.1) is 0 Å². The summed E-state index contributed by atoms with van der Waals surface area (Å²) in [5.41, 5.74) is 9.24. The third-order valence-corrected chi connectivity index (χ3v) is 7.82. The fourth-order valence-electron chi connectivity index (χ4n) is 4.35. The zero-order valence-electron chi connectivity index (χ0n) is 23.2. The normalized spacial score (nSPS) is 16.8. The number of esters is 1. The summed E-state index contributed by atoms with van der Waals surface area (Å²) in [6, 6.07) is 7.15. The summed E-state index contributed by atoms with van der Waals surface area (Å²) < 4.78 is 33.5. The second-order valence-corrected chi connectivity index (χ2v) is 11.6. The maximum Gasteiger partial charge on any atom is 0.309 e. The lowest BCUT2D eigenvalue weighted by Crippen LogP contribution is -2.36. The minimum Gasteiger partial charge on any atom is -0.469 e. The van der Waals surface area contributed by atoms with E-state index in [2.05, 4.69) is 31.9 Å². The molecule has 0 bridgehead atoms. The number of aromatic nitrogens is 2. The molecule has 0 saturated carbocycles. The zero-order valence-corrected chi connectivity index (χ0v) is 24.1. The number of unbranched alkanes of at least 4 members (excludes halogenated alkanes) is 2. The van der Waals surface area contributed by atoms with Gasteiger partial charge in [0.1, 0.15) is 12.0 Å². The number of carbonyl (C=O) groups is 1. The molecular weight excluding hydrogens is 518 g/mol. The number of quaternary nitrogens is 1. The van der Waals surface area contributed by atoms with Crippen LogP contribution in [0.2, 0.25) is 0 Å². The van der Waals surface area contributed by atoms with Crippen molar-refractivity contribution < 1.29 is 22.4 Å². The number of nitrogens with zero attached hydrogens (tertiary/aromatic N) is 4. The molecule has 0 amide bonds. The Labute approximate surface area is 231 Å². The molecule has 1 atom stereocenters. The highest BCUT2D eigenvalue weighted by molar-refractivity contribution is 7.93. The number of carbonyl (C=O) groups excluding carboxylic acids is 1. The first kappa shape index (κ1) is 30.2. The Morgan fingerprint density at radius 3 is 2.67 bits per heavy atom. The van der Waals surface area contributed by atoms with Crippen LogP contribution in [-0.4, -0.2) is 62.4 Å². The Kier molecular flexibility index (Phi) is 10.6. The van der Waals surface area contributed by atoms with Crippen molar-refractivity contribution in [2.24, 2.45) is 4.99 Å². The molecule has 2 aromatic rings. The van der Waals surface area contributed by atoms with Crippen molar-refractivity contribution in [1.82, 2.24) is 14.7 Å². The largest absolute Gasteiger partial charge is 0.469 e. The molecule has 11 nitrogen and oxygen atoms in total. The number of methoxy groups -OCH3 is 1. The van der Waals surface area contributed by atoms with E-state index < -0.39 is 10.0 Å². The van der Waals surface area contributed by atoms with E-state index in [1.807, 2.05) is 14.0 Å². The van der Waals surface area contributed by atoms with Crippen LogP contribution in [0.3, 0.4) is 0 Å². The Bertz CT molecular complexity index is 1330. The molecule has 0 spiro atoms. The topological polar surface area (TPSA) is 149 Å². The van der Waals surface area contributed by atoms with Crippen molar-refractivity contribution in [1.29, 1.82) is 0 Å².